The van der Waals surface area contributed by atoms with E-state index in [0.29, 0.717) is 0 Å². The van der Waals surface area contributed by atoms with Gasteiger partial charge in [0.1, 0.15) is 10.5 Å². The van der Waals surface area contributed by atoms with Crippen molar-refractivity contribution in [1.82, 2.24) is 0 Å². The van der Waals surface area contributed by atoms with Gasteiger partial charge in [0.25, 0.3) is 0 Å². The lowest BCUT2D eigenvalue weighted by Gasteiger charge is -2.17. The van der Waals surface area contributed by atoms with E-state index in [2.05, 4.69) is 0 Å². The standard InChI is InChI=1S/C12H10O2S/c13-10-6-7-12(14)11(8-10,15-12)9-4-2-1-3-5-9/h1-8,13-14H. The number of hydrogen-bond donors (Lipinski definition) is 2. The maximum absolute atomic E-state index is 10.2. The number of rotatable bonds is 1. The summed E-state index contributed by atoms with van der Waals surface area (Å²) in [6.07, 6.45) is 4.91. The third-order valence-corrected chi connectivity index (χ3v) is 4.39. The van der Waals surface area contributed by atoms with Crippen molar-refractivity contribution in [2.75, 3.05) is 0 Å². The first-order valence-electron chi connectivity index (χ1n) is 4.75. The molecule has 0 spiro atoms. The van der Waals surface area contributed by atoms with Gasteiger partial charge in [0.2, 0.25) is 0 Å². The molecule has 0 saturated carbocycles. The van der Waals surface area contributed by atoms with Gasteiger partial charge in [-0.1, -0.05) is 30.3 Å². The van der Waals surface area contributed by atoms with Crippen molar-refractivity contribution in [3.63, 3.8) is 0 Å². The lowest BCUT2D eigenvalue weighted by Crippen LogP contribution is -2.22. The predicted octanol–water partition coefficient (Wildman–Crippen LogP) is 2.33. The fourth-order valence-electron chi connectivity index (χ4n) is 2.00. The van der Waals surface area contributed by atoms with Crippen molar-refractivity contribution in [2.45, 2.75) is 9.68 Å². The van der Waals surface area contributed by atoms with E-state index in [4.69, 9.17) is 0 Å². The molecule has 2 atom stereocenters. The Balaban J connectivity index is 2.11. The Morgan fingerprint density at radius 2 is 1.87 bits per heavy atom. The third kappa shape index (κ3) is 1.10. The molecule has 2 N–H and O–H groups in total. The Morgan fingerprint density at radius 1 is 1.13 bits per heavy atom. The Hall–Kier alpha value is -1.19. The van der Waals surface area contributed by atoms with Gasteiger partial charge >= 0.3 is 0 Å². The van der Waals surface area contributed by atoms with Gasteiger partial charge in [-0.25, -0.2) is 0 Å². The molecule has 15 heavy (non-hydrogen) atoms. The van der Waals surface area contributed by atoms with Crippen LogP contribution in [0.25, 0.3) is 0 Å². The van der Waals surface area contributed by atoms with Gasteiger partial charge < -0.3 is 10.2 Å². The smallest absolute Gasteiger partial charge is 0.153 e. The van der Waals surface area contributed by atoms with E-state index < -0.39 is 9.68 Å². The summed E-state index contributed by atoms with van der Waals surface area (Å²) in [5.74, 6) is 0.216. The molecule has 1 saturated heterocycles. The van der Waals surface area contributed by atoms with Crippen molar-refractivity contribution in [1.29, 1.82) is 0 Å². The summed E-state index contributed by atoms with van der Waals surface area (Å²) in [4.78, 5) is -0.874. The number of allylic oxidation sites excluding steroid dienone is 1. The van der Waals surface area contributed by atoms with Crippen LogP contribution in [-0.2, 0) is 4.75 Å². The summed E-state index contributed by atoms with van der Waals surface area (Å²) in [5.41, 5.74) is 1.02. The van der Waals surface area contributed by atoms with Gasteiger partial charge in [0, 0.05) is 0 Å². The van der Waals surface area contributed by atoms with Crippen molar-refractivity contribution in [2.24, 2.45) is 0 Å². The average Bonchev–Trinajstić information content (AvgIpc) is 2.87. The zero-order chi connectivity index (χ0) is 10.5. The quantitative estimate of drug-likeness (QED) is 0.711. The number of aliphatic hydroxyl groups is 2. The van der Waals surface area contributed by atoms with Crippen LogP contribution in [0.2, 0.25) is 0 Å². The van der Waals surface area contributed by atoms with Crippen LogP contribution in [-0.4, -0.2) is 15.1 Å². The maximum Gasteiger partial charge on any atom is 0.153 e. The van der Waals surface area contributed by atoms with Crippen molar-refractivity contribution in [3.05, 3.63) is 59.9 Å². The van der Waals surface area contributed by atoms with Gasteiger partial charge in [-0.05, 0) is 23.8 Å². The summed E-state index contributed by atoms with van der Waals surface area (Å²) in [6, 6.07) is 9.75. The second-order valence-corrected chi connectivity index (χ2v) is 5.27. The Bertz CT molecular complexity index is 466. The van der Waals surface area contributed by atoms with Crippen molar-refractivity contribution < 1.29 is 10.2 Å². The number of fused-ring (bicyclic) bond motifs is 1. The van der Waals surface area contributed by atoms with Crippen LogP contribution in [0.3, 0.4) is 0 Å². The van der Waals surface area contributed by atoms with Crippen LogP contribution in [0.15, 0.2) is 54.3 Å². The van der Waals surface area contributed by atoms with Gasteiger partial charge in [0.05, 0.1) is 0 Å². The number of hydrogen-bond acceptors (Lipinski definition) is 3. The lowest BCUT2D eigenvalue weighted by atomic mass is 9.89. The molecule has 1 aromatic rings. The van der Waals surface area contributed by atoms with E-state index in [1.54, 1.807) is 18.2 Å². The zero-order valence-electron chi connectivity index (χ0n) is 7.92. The van der Waals surface area contributed by atoms with Gasteiger partial charge in [-0.15, -0.1) is 11.8 Å². The first-order valence-corrected chi connectivity index (χ1v) is 5.57. The minimum Gasteiger partial charge on any atom is -0.508 e. The molecule has 76 valence electrons. The number of thioether (sulfide) groups is 1. The molecule has 2 aliphatic rings. The van der Waals surface area contributed by atoms with Crippen LogP contribution >= 0.6 is 11.8 Å². The summed E-state index contributed by atoms with van der Waals surface area (Å²) >= 11 is 1.44. The van der Waals surface area contributed by atoms with Crippen molar-refractivity contribution in [3.8, 4) is 0 Å². The molecule has 1 heterocycles. The molecule has 0 bridgehead atoms. The molecule has 1 aliphatic carbocycles. The molecule has 1 aromatic carbocycles. The Kier molecular flexibility index (Phi) is 1.62. The zero-order valence-corrected chi connectivity index (χ0v) is 8.74. The first-order chi connectivity index (χ1) is 7.16. The van der Waals surface area contributed by atoms with Crippen LogP contribution in [0.4, 0.5) is 0 Å². The molecule has 0 aromatic heterocycles. The second kappa shape index (κ2) is 2.68. The molecule has 3 rings (SSSR count). The van der Waals surface area contributed by atoms with Gasteiger partial charge in [-0.3, -0.25) is 0 Å². The van der Waals surface area contributed by atoms with Crippen LogP contribution in [0.1, 0.15) is 5.56 Å². The summed E-state index contributed by atoms with van der Waals surface area (Å²) in [5, 5.41) is 19.7. The van der Waals surface area contributed by atoms with E-state index in [-0.39, 0.29) is 5.76 Å². The van der Waals surface area contributed by atoms with Gasteiger partial charge in [-0.2, -0.15) is 0 Å². The molecular weight excluding hydrogens is 208 g/mol. The number of aliphatic hydroxyl groups excluding tert-OH is 1. The minimum absolute atomic E-state index is 0.216. The molecule has 1 fully saturated rings. The normalized spacial score (nSPS) is 37.0. The molecule has 0 radical (unpaired) electrons. The largest absolute Gasteiger partial charge is 0.508 e. The highest BCUT2D eigenvalue weighted by Gasteiger charge is 2.68. The Morgan fingerprint density at radius 3 is 2.60 bits per heavy atom. The fraction of sp³-hybridized carbons (Fsp3) is 0.167. The van der Waals surface area contributed by atoms with E-state index in [0.717, 1.165) is 5.56 Å². The van der Waals surface area contributed by atoms with Crippen LogP contribution in [0.5, 0.6) is 0 Å². The molecule has 1 aliphatic heterocycles. The van der Waals surface area contributed by atoms with Crippen molar-refractivity contribution >= 4 is 11.8 Å². The molecule has 3 heteroatoms. The highest BCUT2D eigenvalue weighted by Crippen LogP contribution is 2.71. The summed E-state index contributed by atoms with van der Waals surface area (Å²) in [7, 11) is 0. The van der Waals surface area contributed by atoms with Crippen LogP contribution < -0.4 is 0 Å². The molecular formula is C12H10O2S. The second-order valence-electron chi connectivity index (χ2n) is 3.80. The topological polar surface area (TPSA) is 40.5 Å². The predicted molar refractivity (Wildman–Crippen MR) is 60.5 cm³/mol. The van der Waals surface area contributed by atoms with E-state index in [9.17, 15) is 10.2 Å². The maximum atomic E-state index is 10.2. The third-order valence-electron chi connectivity index (χ3n) is 2.84. The average molecular weight is 218 g/mol. The highest BCUT2D eigenvalue weighted by atomic mass is 32.2. The molecule has 0 amide bonds. The first kappa shape index (κ1) is 9.07. The highest BCUT2D eigenvalue weighted by molar-refractivity contribution is 8.09. The monoisotopic (exact) mass is 218 g/mol. The summed E-state index contributed by atoms with van der Waals surface area (Å²) in [6.45, 7) is 0. The number of benzene rings is 1. The van der Waals surface area contributed by atoms with Gasteiger partial charge in [0.15, 0.2) is 4.93 Å². The summed E-state index contributed by atoms with van der Waals surface area (Å²) < 4.78 is -0.479. The Labute approximate surface area is 91.9 Å². The van der Waals surface area contributed by atoms with E-state index >= 15 is 0 Å². The van der Waals surface area contributed by atoms with E-state index in [1.807, 2.05) is 30.3 Å². The molecule has 2 nitrogen and oxygen atoms in total. The lowest BCUT2D eigenvalue weighted by molar-refractivity contribution is 0.195. The van der Waals surface area contributed by atoms with Crippen LogP contribution in [0, 0.1) is 0 Å². The SMILES string of the molecule is OC1=CC2(c3ccccc3)SC2(O)C=C1. The molecule has 2 unspecified atom stereocenters. The van der Waals surface area contributed by atoms with E-state index in [1.165, 1.54) is 11.8 Å². The fourth-order valence-corrected chi connectivity index (χ4v) is 3.25. The minimum atomic E-state index is -0.874.